The van der Waals surface area contributed by atoms with Crippen molar-refractivity contribution in [3.63, 3.8) is 0 Å². The number of benzene rings is 2. The summed E-state index contributed by atoms with van der Waals surface area (Å²) in [5.41, 5.74) is 2.16. The molecule has 0 amide bonds. The van der Waals surface area contributed by atoms with Crippen LogP contribution in [-0.2, 0) is 6.42 Å². The largest absolute Gasteiger partial charge is 0.198 e. The van der Waals surface area contributed by atoms with E-state index in [1.165, 1.54) is 5.56 Å². The molecule has 3 heteroatoms. The van der Waals surface area contributed by atoms with E-state index < -0.39 is 0 Å². The van der Waals surface area contributed by atoms with Gasteiger partial charge in [0.05, 0.1) is 22.0 Å². The molecule has 0 N–H and O–H groups in total. The molecule has 1 atom stereocenters. The first-order chi connectivity index (χ1) is 9.20. The highest BCUT2D eigenvalue weighted by Crippen LogP contribution is 2.28. The Morgan fingerprint density at radius 2 is 1.74 bits per heavy atom. The third kappa shape index (κ3) is 3.73. The normalized spacial score (nSPS) is 11.8. The summed E-state index contributed by atoms with van der Waals surface area (Å²) in [5, 5.41) is 10.3. The molecule has 1 nitrogen and oxygen atoms in total. The molecule has 2 aromatic carbocycles. The molecule has 0 heterocycles. The van der Waals surface area contributed by atoms with E-state index in [4.69, 9.17) is 23.2 Å². The highest BCUT2D eigenvalue weighted by atomic mass is 35.5. The second-order valence-corrected chi connectivity index (χ2v) is 5.19. The predicted molar refractivity (Wildman–Crippen MR) is 79.6 cm³/mol. The van der Waals surface area contributed by atoms with Crippen LogP contribution in [0.2, 0.25) is 10.0 Å². The van der Waals surface area contributed by atoms with Gasteiger partial charge >= 0.3 is 0 Å². The van der Waals surface area contributed by atoms with Gasteiger partial charge in [-0.25, -0.2) is 0 Å². The summed E-state index contributed by atoms with van der Waals surface area (Å²) in [4.78, 5) is 0. The minimum atomic E-state index is -0.157. The predicted octanol–water partition coefficient (Wildman–Crippen LogP) is 5.23. The van der Waals surface area contributed by atoms with Crippen molar-refractivity contribution < 1.29 is 0 Å². The molecule has 1 unspecified atom stereocenters. The summed E-state index contributed by atoms with van der Waals surface area (Å²) in [6, 6.07) is 17.9. The second-order valence-electron chi connectivity index (χ2n) is 4.38. The van der Waals surface area contributed by atoms with E-state index in [0.29, 0.717) is 10.0 Å². The summed E-state index contributed by atoms with van der Waals surface area (Å²) in [6.45, 7) is 0. The monoisotopic (exact) mass is 289 g/mol. The average molecular weight is 290 g/mol. The minimum absolute atomic E-state index is 0.157. The van der Waals surface area contributed by atoms with Gasteiger partial charge in [0.25, 0.3) is 0 Å². The van der Waals surface area contributed by atoms with Gasteiger partial charge in [-0.2, -0.15) is 5.26 Å². The van der Waals surface area contributed by atoms with E-state index in [-0.39, 0.29) is 5.92 Å². The molecule has 2 rings (SSSR count). The van der Waals surface area contributed by atoms with Crippen LogP contribution in [0.25, 0.3) is 0 Å². The van der Waals surface area contributed by atoms with Gasteiger partial charge in [0, 0.05) is 0 Å². The van der Waals surface area contributed by atoms with Crippen LogP contribution in [0.1, 0.15) is 23.5 Å². The standard InChI is InChI=1S/C16H13Cl2N/c17-15-9-8-13(10-16(15)18)14(11-19)7-6-12-4-2-1-3-5-12/h1-5,8-10,14H,6-7H2. The highest BCUT2D eigenvalue weighted by molar-refractivity contribution is 6.42. The van der Waals surface area contributed by atoms with Crippen molar-refractivity contribution in [3.8, 4) is 6.07 Å². The molecule has 0 aliphatic heterocycles. The van der Waals surface area contributed by atoms with Crippen molar-refractivity contribution in [2.45, 2.75) is 18.8 Å². The van der Waals surface area contributed by atoms with Crippen molar-refractivity contribution in [1.82, 2.24) is 0 Å². The molecule has 96 valence electrons. The van der Waals surface area contributed by atoms with Crippen LogP contribution >= 0.6 is 23.2 Å². The number of nitriles is 1. The highest BCUT2D eigenvalue weighted by Gasteiger charge is 2.12. The third-order valence-corrected chi connectivity index (χ3v) is 3.81. The SMILES string of the molecule is N#CC(CCc1ccccc1)c1ccc(Cl)c(Cl)c1. The Bertz CT molecular complexity index is 587. The number of rotatable bonds is 4. The molecule has 19 heavy (non-hydrogen) atoms. The number of hydrogen-bond donors (Lipinski definition) is 0. The van der Waals surface area contributed by atoms with Crippen molar-refractivity contribution in [3.05, 3.63) is 69.7 Å². The van der Waals surface area contributed by atoms with Crippen LogP contribution in [0.15, 0.2) is 48.5 Å². The van der Waals surface area contributed by atoms with Gasteiger partial charge in [-0.05, 0) is 36.1 Å². The van der Waals surface area contributed by atoms with Crippen LogP contribution in [-0.4, -0.2) is 0 Å². The van der Waals surface area contributed by atoms with E-state index in [1.807, 2.05) is 24.3 Å². The quantitative estimate of drug-likeness (QED) is 0.756. The van der Waals surface area contributed by atoms with Crippen molar-refractivity contribution in [2.75, 3.05) is 0 Å². The fourth-order valence-electron chi connectivity index (χ4n) is 1.99. The first-order valence-corrected chi connectivity index (χ1v) is 6.85. The maximum Gasteiger partial charge on any atom is 0.0716 e. The summed E-state index contributed by atoms with van der Waals surface area (Å²) in [5.74, 6) is -0.157. The molecular formula is C16H13Cl2N. The molecule has 0 spiro atoms. The van der Waals surface area contributed by atoms with Crippen LogP contribution in [0.3, 0.4) is 0 Å². The Labute approximate surface area is 123 Å². The summed E-state index contributed by atoms with van der Waals surface area (Å²) in [7, 11) is 0. The molecular weight excluding hydrogens is 277 g/mol. The summed E-state index contributed by atoms with van der Waals surface area (Å²) >= 11 is 11.9. The van der Waals surface area contributed by atoms with E-state index in [2.05, 4.69) is 18.2 Å². The molecule has 0 saturated heterocycles. The summed E-state index contributed by atoms with van der Waals surface area (Å²) in [6.07, 6.45) is 1.65. The van der Waals surface area contributed by atoms with Gasteiger partial charge in [0.15, 0.2) is 0 Å². The minimum Gasteiger partial charge on any atom is -0.198 e. The number of halogens is 2. The second kappa shape index (κ2) is 6.61. The van der Waals surface area contributed by atoms with Gasteiger partial charge < -0.3 is 0 Å². The Balaban J connectivity index is 2.08. The molecule has 0 aliphatic rings. The topological polar surface area (TPSA) is 23.8 Å². The Morgan fingerprint density at radius 3 is 2.37 bits per heavy atom. The van der Waals surface area contributed by atoms with Crippen LogP contribution in [0, 0.1) is 11.3 Å². The van der Waals surface area contributed by atoms with Crippen LogP contribution < -0.4 is 0 Å². The van der Waals surface area contributed by atoms with Gasteiger partial charge in [0.2, 0.25) is 0 Å². The van der Waals surface area contributed by atoms with Crippen molar-refractivity contribution in [1.29, 1.82) is 5.26 Å². The van der Waals surface area contributed by atoms with Crippen LogP contribution in [0.5, 0.6) is 0 Å². The molecule has 0 aromatic heterocycles. The molecule has 0 saturated carbocycles. The Hall–Kier alpha value is -1.49. The third-order valence-electron chi connectivity index (χ3n) is 3.07. The van der Waals surface area contributed by atoms with E-state index in [9.17, 15) is 5.26 Å². The molecule has 0 aliphatic carbocycles. The van der Waals surface area contributed by atoms with Gasteiger partial charge in [-0.3, -0.25) is 0 Å². The van der Waals surface area contributed by atoms with Gasteiger partial charge in [-0.15, -0.1) is 0 Å². The number of aryl methyl sites for hydroxylation is 1. The molecule has 0 fully saturated rings. The Kier molecular flexibility index (Phi) is 4.85. The van der Waals surface area contributed by atoms with Crippen LogP contribution in [0.4, 0.5) is 0 Å². The maximum atomic E-state index is 9.29. The lowest BCUT2D eigenvalue weighted by Crippen LogP contribution is -1.98. The fourth-order valence-corrected chi connectivity index (χ4v) is 2.30. The van der Waals surface area contributed by atoms with Gasteiger partial charge in [-0.1, -0.05) is 59.6 Å². The first kappa shape index (κ1) is 13.9. The zero-order chi connectivity index (χ0) is 13.7. The average Bonchev–Trinajstić information content (AvgIpc) is 2.44. The smallest absolute Gasteiger partial charge is 0.0716 e. The molecule has 0 bridgehead atoms. The number of hydrogen-bond acceptors (Lipinski definition) is 1. The first-order valence-electron chi connectivity index (χ1n) is 6.09. The maximum absolute atomic E-state index is 9.29. The molecule has 2 aromatic rings. The van der Waals surface area contributed by atoms with Crippen molar-refractivity contribution in [2.24, 2.45) is 0 Å². The lowest BCUT2D eigenvalue weighted by atomic mass is 9.94. The molecule has 0 radical (unpaired) electrons. The van der Waals surface area contributed by atoms with E-state index in [0.717, 1.165) is 18.4 Å². The Morgan fingerprint density at radius 1 is 1.00 bits per heavy atom. The van der Waals surface area contributed by atoms with Crippen molar-refractivity contribution >= 4 is 23.2 Å². The van der Waals surface area contributed by atoms with E-state index >= 15 is 0 Å². The zero-order valence-corrected chi connectivity index (χ0v) is 11.8. The lowest BCUT2D eigenvalue weighted by Gasteiger charge is -2.10. The van der Waals surface area contributed by atoms with E-state index in [1.54, 1.807) is 12.1 Å². The summed E-state index contributed by atoms with van der Waals surface area (Å²) < 4.78 is 0. The zero-order valence-electron chi connectivity index (χ0n) is 10.3. The number of nitrogens with zero attached hydrogens (tertiary/aromatic N) is 1. The lowest BCUT2D eigenvalue weighted by molar-refractivity contribution is 0.746. The fraction of sp³-hybridized carbons (Fsp3) is 0.188. The van der Waals surface area contributed by atoms with Gasteiger partial charge in [0.1, 0.15) is 0 Å².